The Labute approximate surface area is 124 Å². The van der Waals surface area contributed by atoms with Gasteiger partial charge in [-0.3, -0.25) is 14.4 Å². The van der Waals surface area contributed by atoms with E-state index in [1.54, 1.807) is 0 Å². The number of benzene rings is 1. The summed E-state index contributed by atoms with van der Waals surface area (Å²) in [5.41, 5.74) is 0. The molecule has 0 bridgehead atoms. The fraction of sp³-hybridized carbons (Fsp3) is 0.400. The number of rotatable bonds is 0. The third kappa shape index (κ3) is 46.7. The molecule has 6 nitrogen and oxygen atoms in total. The molecular formula is C15H18N3O3-3. The molecule has 114 valence electrons. The SMILES string of the molecule is C1CCCCC1.[N-]=C=O.[N-]=C=O.[N-]=C=O.c1ccccc1. The lowest BCUT2D eigenvalue weighted by molar-refractivity contribution is 0.504. The van der Waals surface area contributed by atoms with Gasteiger partial charge in [0.15, 0.2) is 0 Å². The van der Waals surface area contributed by atoms with Gasteiger partial charge in [0.25, 0.3) is 0 Å². The standard InChI is InChI=1S/C6H12.C6H6.3CNO/c2*1-2-4-6-5-3-1;3*2-1-3/h1-6H2;1-6H;;;/q;;3*-1. The van der Waals surface area contributed by atoms with Gasteiger partial charge in [-0.15, -0.1) is 0 Å². The van der Waals surface area contributed by atoms with E-state index in [4.69, 9.17) is 30.6 Å². The zero-order valence-electron chi connectivity index (χ0n) is 11.8. The van der Waals surface area contributed by atoms with Crippen molar-refractivity contribution in [2.24, 2.45) is 0 Å². The summed E-state index contributed by atoms with van der Waals surface area (Å²) in [5.74, 6) is 0. The van der Waals surface area contributed by atoms with Crippen molar-refractivity contribution in [2.75, 3.05) is 0 Å². The minimum Gasteiger partial charge on any atom is -0.724 e. The van der Waals surface area contributed by atoms with Gasteiger partial charge in [-0.25, -0.2) is 0 Å². The van der Waals surface area contributed by atoms with Crippen LogP contribution in [0.1, 0.15) is 38.5 Å². The van der Waals surface area contributed by atoms with Gasteiger partial charge in [-0.05, 0) is 18.2 Å². The van der Waals surface area contributed by atoms with Crippen LogP contribution in [0.25, 0.3) is 16.2 Å². The lowest BCUT2D eigenvalue weighted by atomic mass is 10.0. The zero-order chi connectivity index (χ0) is 16.6. The molecule has 1 saturated carbocycles. The van der Waals surface area contributed by atoms with E-state index >= 15 is 0 Å². The third-order valence-electron chi connectivity index (χ3n) is 2.17. The van der Waals surface area contributed by atoms with E-state index in [2.05, 4.69) is 0 Å². The van der Waals surface area contributed by atoms with Gasteiger partial charge >= 0.3 is 0 Å². The van der Waals surface area contributed by atoms with Crippen molar-refractivity contribution >= 4 is 18.2 Å². The van der Waals surface area contributed by atoms with Crippen LogP contribution in [-0.4, -0.2) is 18.2 Å². The summed E-state index contributed by atoms with van der Waals surface area (Å²) in [6.07, 6.45) is 10.5. The predicted octanol–water partition coefficient (Wildman–Crippen LogP) is 3.70. The van der Waals surface area contributed by atoms with Crippen molar-refractivity contribution in [2.45, 2.75) is 38.5 Å². The topological polar surface area (TPSA) is 118 Å². The number of nitrogens with zero attached hydrogens (tertiary/aromatic N) is 3. The second kappa shape index (κ2) is 30.4. The predicted molar refractivity (Wildman–Crippen MR) is 81.3 cm³/mol. The Morgan fingerprint density at radius 1 is 0.476 bits per heavy atom. The van der Waals surface area contributed by atoms with Crippen LogP contribution in [0.3, 0.4) is 0 Å². The molecule has 21 heavy (non-hydrogen) atoms. The van der Waals surface area contributed by atoms with E-state index in [0.29, 0.717) is 18.2 Å². The van der Waals surface area contributed by atoms with Crippen LogP contribution in [0.5, 0.6) is 0 Å². The number of hydrogen-bond acceptors (Lipinski definition) is 3. The highest BCUT2D eigenvalue weighted by atomic mass is 16.1. The maximum Gasteiger partial charge on any atom is -0.0159 e. The van der Waals surface area contributed by atoms with Crippen LogP contribution in [-0.2, 0) is 14.4 Å². The highest BCUT2D eigenvalue weighted by Gasteiger charge is 1.95. The normalized spacial score (nSPS) is 10.3. The van der Waals surface area contributed by atoms with Gasteiger partial charge in [0.2, 0.25) is 0 Å². The molecule has 0 atom stereocenters. The van der Waals surface area contributed by atoms with Crippen molar-refractivity contribution in [3.8, 4) is 0 Å². The first-order valence-corrected chi connectivity index (χ1v) is 6.28. The highest BCUT2D eigenvalue weighted by Crippen LogP contribution is 2.15. The molecule has 0 N–H and O–H groups in total. The molecule has 0 amide bonds. The van der Waals surface area contributed by atoms with Crippen LogP contribution in [0, 0.1) is 0 Å². The fourth-order valence-electron chi connectivity index (χ4n) is 1.45. The molecule has 0 heterocycles. The molecule has 0 aromatic heterocycles. The first kappa shape index (κ1) is 23.5. The molecule has 0 aliphatic heterocycles. The van der Waals surface area contributed by atoms with Gasteiger partial charge in [0.05, 0.1) is 0 Å². The minimum absolute atomic E-state index is 0.500. The molecular weight excluding hydrogens is 270 g/mol. The number of hydrogen-bond donors (Lipinski definition) is 0. The van der Waals surface area contributed by atoms with Crippen molar-refractivity contribution < 1.29 is 14.4 Å². The quantitative estimate of drug-likeness (QED) is 0.534. The number of carbonyl (C=O) groups excluding carboxylic acids is 3. The summed E-state index contributed by atoms with van der Waals surface area (Å²) >= 11 is 0. The Morgan fingerprint density at radius 3 is 0.667 bits per heavy atom. The van der Waals surface area contributed by atoms with Crippen LogP contribution >= 0.6 is 0 Å². The van der Waals surface area contributed by atoms with E-state index < -0.39 is 0 Å². The molecule has 2 rings (SSSR count). The van der Waals surface area contributed by atoms with Gasteiger partial charge in [0, 0.05) is 0 Å². The van der Waals surface area contributed by atoms with Crippen LogP contribution in [0.2, 0.25) is 0 Å². The second-order valence-electron chi connectivity index (χ2n) is 3.55. The lowest BCUT2D eigenvalue weighted by Crippen LogP contribution is -1.85. The van der Waals surface area contributed by atoms with Crippen molar-refractivity contribution in [3.63, 3.8) is 0 Å². The summed E-state index contributed by atoms with van der Waals surface area (Å²) in [7, 11) is 0. The molecule has 1 aromatic rings. The maximum atomic E-state index is 8.24. The second-order valence-corrected chi connectivity index (χ2v) is 3.55. The van der Waals surface area contributed by atoms with E-state index in [1.807, 2.05) is 36.4 Å². The average molecular weight is 288 g/mol. The Kier molecular flexibility index (Phi) is 34.0. The Balaban J connectivity index is -0.000000204. The van der Waals surface area contributed by atoms with E-state index in [-0.39, 0.29) is 0 Å². The summed E-state index contributed by atoms with van der Waals surface area (Å²) in [5, 5.41) is 20.3. The first-order chi connectivity index (χ1) is 10.2. The molecule has 1 fully saturated rings. The summed E-state index contributed by atoms with van der Waals surface area (Å²) in [4.78, 5) is 24.7. The summed E-state index contributed by atoms with van der Waals surface area (Å²) < 4.78 is 0. The van der Waals surface area contributed by atoms with Gasteiger partial charge < -0.3 is 16.2 Å². The molecule has 0 saturated heterocycles. The monoisotopic (exact) mass is 288 g/mol. The van der Waals surface area contributed by atoms with Crippen molar-refractivity contribution in [1.29, 1.82) is 0 Å². The Morgan fingerprint density at radius 2 is 0.571 bits per heavy atom. The lowest BCUT2D eigenvalue weighted by Gasteiger charge is -2.05. The Bertz CT molecular complexity index is 319. The molecule has 0 spiro atoms. The minimum atomic E-state index is 0.500. The van der Waals surface area contributed by atoms with Crippen LogP contribution in [0.15, 0.2) is 36.4 Å². The fourth-order valence-corrected chi connectivity index (χ4v) is 1.45. The maximum absolute atomic E-state index is 8.24. The number of isocyanates is 3. The van der Waals surface area contributed by atoms with Gasteiger partial charge in [-0.1, -0.05) is 74.9 Å². The van der Waals surface area contributed by atoms with E-state index in [9.17, 15) is 0 Å². The van der Waals surface area contributed by atoms with E-state index in [0.717, 1.165) is 0 Å². The molecule has 6 heteroatoms. The molecule has 1 aromatic carbocycles. The van der Waals surface area contributed by atoms with Crippen molar-refractivity contribution in [1.82, 2.24) is 0 Å². The van der Waals surface area contributed by atoms with Crippen LogP contribution < -0.4 is 0 Å². The van der Waals surface area contributed by atoms with E-state index in [1.165, 1.54) is 38.5 Å². The summed E-state index contributed by atoms with van der Waals surface area (Å²) in [6, 6.07) is 12.0. The first-order valence-electron chi connectivity index (χ1n) is 6.28. The zero-order valence-corrected chi connectivity index (χ0v) is 11.8. The largest absolute Gasteiger partial charge is 0.724 e. The molecule has 1 aliphatic rings. The van der Waals surface area contributed by atoms with Gasteiger partial charge in [0.1, 0.15) is 0 Å². The smallest absolute Gasteiger partial charge is 0.0159 e. The average Bonchev–Trinajstić information content (AvgIpc) is 2.54. The third-order valence-corrected chi connectivity index (χ3v) is 2.17. The Hall–Kier alpha value is -2.64. The highest BCUT2D eigenvalue weighted by molar-refractivity contribution is 5.37. The molecule has 1 aliphatic carbocycles. The van der Waals surface area contributed by atoms with Crippen molar-refractivity contribution in [3.05, 3.63) is 52.6 Å². The molecule has 0 unspecified atom stereocenters. The summed E-state index contributed by atoms with van der Waals surface area (Å²) in [6.45, 7) is 0. The van der Waals surface area contributed by atoms with Gasteiger partial charge in [-0.2, -0.15) is 0 Å². The van der Waals surface area contributed by atoms with Crippen LogP contribution in [0.4, 0.5) is 0 Å². The molecule has 0 radical (unpaired) electrons.